The number of carboxylic acids is 2. The number of rotatable bonds is 4. The SMILES string of the molecule is C/C=C\C(=O)C1=CCCN(C)C1.O=C(O)/C=C\C(=O)O. The number of carboxylic acid groups (broad SMARTS) is 2. The van der Waals surface area contributed by atoms with Crippen molar-refractivity contribution in [3.05, 3.63) is 36.0 Å². The van der Waals surface area contributed by atoms with Gasteiger partial charge in [0.25, 0.3) is 0 Å². The van der Waals surface area contributed by atoms with E-state index < -0.39 is 11.9 Å². The minimum absolute atomic E-state index is 0.157. The Labute approximate surface area is 117 Å². The van der Waals surface area contributed by atoms with E-state index in [1.807, 2.05) is 20.0 Å². The van der Waals surface area contributed by atoms with Crippen LogP contribution in [0.5, 0.6) is 0 Å². The molecule has 0 radical (unpaired) electrons. The Bertz CT molecular complexity index is 432. The molecule has 20 heavy (non-hydrogen) atoms. The summed E-state index contributed by atoms with van der Waals surface area (Å²) in [5.41, 5.74) is 0.932. The largest absolute Gasteiger partial charge is 0.478 e. The monoisotopic (exact) mass is 281 g/mol. The van der Waals surface area contributed by atoms with E-state index in [1.165, 1.54) is 0 Å². The third kappa shape index (κ3) is 8.82. The molecule has 1 heterocycles. The predicted octanol–water partition coefficient (Wildman–Crippen LogP) is 1.11. The molecular weight excluding hydrogens is 262 g/mol. The number of carbonyl (C=O) groups excluding carboxylic acids is 1. The quantitative estimate of drug-likeness (QED) is 0.749. The summed E-state index contributed by atoms with van der Waals surface area (Å²) in [6.45, 7) is 3.72. The maximum atomic E-state index is 11.4. The first-order chi connectivity index (χ1) is 9.36. The number of allylic oxidation sites excluding steroid dienone is 2. The van der Waals surface area contributed by atoms with Crippen LogP contribution in [0.2, 0.25) is 0 Å². The van der Waals surface area contributed by atoms with Crippen molar-refractivity contribution in [1.82, 2.24) is 4.90 Å². The molecule has 0 aliphatic carbocycles. The van der Waals surface area contributed by atoms with Crippen LogP contribution in [0.4, 0.5) is 0 Å². The molecule has 0 fully saturated rings. The van der Waals surface area contributed by atoms with E-state index in [9.17, 15) is 14.4 Å². The molecule has 0 aromatic rings. The highest BCUT2D eigenvalue weighted by molar-refractivity contribution is 6.04. The van der Waals surface area contributed by atoms with Crippen molar-refractivity contribution in [3.63, 3.8) is 0 Å². The van der Waals surface area contributed by atoms with Crippen molar-refractivity contribution < 1.29 is 24.6 Å². The molecule has 0 saturated carbocycles. The standard InChI is InChI=1S/C10H15NO.C4H4O4/c1-3-5-10(12)9-6-4-7-11(2)8-9;5-3(6)1-2-4(7)8/h3,5-6H,4,7-8H2,1-2H3;1-2H,(H,5,6)(H,7,8)/b5-3-;2-1-. The first-order valence-corrected chi connectivity index (χ1v) is 6.05. The molecule has 110 valence electrons. The molecule has 0 atom stereocenters. The fourth-order valence-corrected chi connectivity index (χ4v) is 1.47. The summed E-state index contributed by atoms with van der Waals surface area (Å²) >= 11 is 0. The molecule has 0 spiro atoms. The number of hydrogen-bond acceptors (Lipinski definition) is 4. The van der Waals surface area contributed by atoms with Gasteiger partial charge in [-0.1, -0.05) is 12.2 Å². The maximum absolute atomic E-state index is 11.4. The lowest BCUT2D eigenvalue weighted by atomic mass is 10.1. The van der Waals surface area contributed by atoms with Gasteiger partial charge in [0.2, 0.25) is 0 Å². The van der Waals surface area contributed by atoms with E-state index in [2.05, 4.69) is 4.90 Å². The van der Waals surface area contributed by atoms with Crippen LogP contribution in [-0.4, -0.2) is 53.0 Å². The van der Waals surface area contributed by atoms with Crippen LogP contribution in [0.1, 0.15) is 13.3 Å². The minimum Gasteiger partial charge on any atom is -0.478 e. The third-order valence-electron chi connectivity index (χ3n) is 2.34. The van der Waals surface area contributed by atoms with Crippen LogP contribution in [0.3, 0.4) is 0 Å². The van der Waals surface area contributed by atoms with E-state index in [1.54, 1.807) is 12.2 Å². The molecule has 1 aliphatic rings. The zero-order valence-electron chi connectivity index (χ0n) is 11.6. The predicted molar refractivity (Wildman–Crippen MR) is 74.4 cm³/mol. The number of ketones is 1. The summed E-state index contributed by atoms with van der Waals surface area (Å²) in [4.78, 5) is 32.6. The molecule has 0 aromatic carbocycles. The molecule has 2 N–H and O–H groups in total. The van der Waals surface area contributed by atoms with Crippen LogP contribution in [0.15, 0.2) is 36.0 Å². The second-order valence-corrected chi connectivity index (χ2v) is 4.13. The Morgan fingerprint density at radius 1 is 1.15 bits per heavy atom. The summed E-state index contributed by atoms with van der Waals surface area (Å²) in [5.74, 6) is -2.36. The van der Waals surface area contributed by atoms with Gasteiger partial charge in [-0.15, -0.1) is 0 Å². The van der Waals surface area contributed by atoms with Gasteiger partial charge in [-0.2, -0.15) is 0 Å². The average molecular weight is 281 g/mol. The van der Waals surface area contributed by atoms with Crippen molar-refractivity contribution >= 4 is 17.7 Å². The molecule has 1 rings (SSSR count). The van der Waals surface area contributed by atoms with E-state index in [0.29, 0.717) is 12.2 Å². The highest BCUT2D eigenvalue weighted by Crippen LogP contribution is 2.08. The van der Waals surface area contributed by atoms with Crippen LogP contribution >= 0.6 is 0 Å². The van der Waals surface area contributed by atoms with Crippen molar-refractivity contribution in [2.75, 3.05) is 20.1 Å². The second kappa shape index (κ2) is 9.69. The lowest BCUT2D eigenvalue weighted by Crippen LogP contribution is -2.28. The molecule has 0 bridgehead atoms. The second-order valence-electron chi connectivity index (χ2n) is 4.13. The Kier molecular flexibility index (Phi) is 8.61. The van der Waals surface area contributed by atoms with Crippen molar-refractivity contribution in [2.45, 2.75) is 13.3 Å². The van der Waals surface area contributed by atoms with Gasteiger partial charge in [0, 0.05) is 30.8 Å². The lowest BCUT2D eigenvalue weighted by molar-refractivity contribution is -0.134. The molecule has 0 amide bonds. The summed E-state index contributed by atoms with van der Waals surface area (Å²) < 4.78 is 0. The fourth-order valence-electron chi connectivity index (χ4n) is 1.47. The third-order valence-corrected chi connectivity index (χ3v) is 2.34. The van der Waals surface area contributed by atoms with Gasteiger partial charge < -0.3 is 15.1 Å². The number of nitrogens with zero attached hydrogens (tertiary/aromatic N) is 1. The first kappa shape index (κ1) is 17.8. The number of likely N-dealkylation sites (N-methyl/N-ethyl adjacent to an activating group) is 1. The van der Waals surface area contributed by atoms with Crippen LogP contribution < -0.4 is 0 Å². The van der Waals surface area contributed by atoms with Crippen molar-refractivity contribution in [1.29, 1.82) is 0 Å². The zero-order valence-corrected chi connectivity index (χ0v) is 11.6. The van der Waals surface area contributed by atoms with Gasteiger partial charge in [-0.3, -0.25) is 4.79 Å². The van der Waals surface area contributed by atoms with Gasteiger partial charge in [0.1, 0.15) is 0 Å². The summed E-state index contributed by atoms with van der Waals surface area (Å²) in [5, 5.41) is 15.6. The Morgan fingerprint density at radius 2 is 1.70 bits per heavy atom. The highest BCUT2D eigenvalue weighted by atomic mass is 16.4. The molecule has 0 unspecified atom stereocenters. The first-order valence-electron chi connectivity index (χ1n) is 6.05. The fraction of sp³-hybridized carbons (Fsp3) is 0.357. The summed E-state index contributed by atoms with van der Waals surface area (Å²) in [7, 11) is 2.04. The Balaban J connectivity index is 0.000000396. The molecule has 0 aromatic heterocycles. The Hall–Kier alpha value is -2.21. The van der Waals surface area contributed by atoms with Crippen molar-refractivity contribution in [2.24, 2.45) is 0 Å². The van der Waals surface area contributed by atoms with E-state index >= 15 is 0 Å². The molecule has 6 nitrogen and oxygen atoms in total. The number of aliphatic carboxylic acids is 2. The van der Waals surface area contributed by atoms with Gasteiger partial charge >= 0.3 is 11.9 Å². The van der Waals surface area contributed by atoms with Gasteiger partial charge in [0.05, 0.1) is 0 Å². The minimum atomic E-state index is -1.26. The maximum Gasteiger partial charge on any atom is 0.328 e. The van der Waals surface area contributed by atoms with E-state index in [4.69, 9.17) is 10.2 Å². The zero-order chi connectivity index (χ0) is 15.5. The van der Waals surface area contributed by atoms with Gasteiger partial charge in [-0.05, 0) is 26.5 Å². The smallest absolute Gasteiger partial charge is 0.328 e. The summed E-state index contributed by atoms with van der Waals surface area (Å²) in [6.07, 6.45) is 7.57. The number of hydrogen-bond donors (Lipinski definition) is 2. The van der Waals surface area contributed by atoms with E-state index in [-0.39, 0.29) is 5.78 Å². The van der Waals surface area contributed by atoms with Gasteiger partial charge in [-0.25, -0.2) is 9.59 Å². The average Bonchev–Trinajstić information content (AvgIpc) is 2.37. The van der Waals surface area contributed by atoms with Crippen LogP contribution in [-0.2, 0) is 14.4 Å². The van der Waals surface area contributed by atoms with Crippen LogP contribution in [0.25, 0.3) is 0 Å². The highest BCUT2D eigenvalue weighted by Gasteiger charge is 2.12. The number of carbonyl (C=O) groups is 3. The normalized spacial score (nSPS) is 15.6. The summed E-state index contributed by atoms with van der Waals surface area (Å²) in [6, 6.07) is 0. The molecular formula is C14H19NO5. The lowest BCUT2D eigenvalue weighted by Gasteiger charge is -2.21. The van der Waals surface area contributed by atoms with Crippen LogP contribution in [0, 0.1) is 0 Å². The Morgan fingerprint density at radius 3 is 2.10 bits per heavy atom. The topological polar surface area (TPSA) is 94.9 Å². The molecule has 0 saturated heterocycles. The van der Waals surface area contributed by atoms with Gasteiger partial charge in [0.15, 0.2) is 5.78 Å². The van der Waals surface area contributed by atoms with E-state index in [0.717, 1.165) is 25.1 Å². The molecule has 6 heteroatoms. The van der Waals surface area contributed by atoms with Crippen molar-refractivity contribution in [3.8, 4) is 0 Å². The molecule has 1 aliphatic heterocycles.